The molecule has 0 aliphatic heterocycles. The van der Waals surface area contributed by atoms with Crippen LogP contribution in [0, 0.1) is 6.92 Å². The van der Waals surface area contributed by atoms with E-state index in [1.165, 1.54) is 11.3 Å². The van der Waals surface area contributed by atoms with Crippen LogP contribution in [0.15, 0.2) is 45.3 Å². The van der Waals surface area contributed by atoms with Crippen LogP contribution < -0.4 is 4.74 Å². The van der Waals surface area contributed by atoms with Crippen LogP contribution in [0.5, 0.6) is 5.75 Å². The third kappa shape index (κ3) is 4.59. The molecule has 0 fully saturated rings. The summed E-state index contributed by atoms with van der Waals surface area (Å²) in [6.45, 7) is 1.88. The number of aryl methyl sites for hydroxylation is 2. The SMILES string of the molecule is Cc1c(C(=O)COc2c(Br)cc(CCC(=O)O)cc2Br)sc2ccccc12. The van der Waals surface area contributed by atoms with Gasteiger partial charge in [0, 0.05) is 11.1 Å². The molecule has 27 heavy (non-hydrogen) atoms. The summed E-state index contributed by atoms with van der Waals surface area (Å²) in [4.78, 5) is 24.1. The Hall–Kier alpha value is -1.70. The van der Waals surface area contributed by atoms with Crippen molar-refractivity contribution >= 4 is 65.0 Å². The van der Waals surface area contributed by atoms with E-state index in [2.05, 4.69) is 31.9 Å². The Morgan fingerprint density at radius 1 is 1.15 bits per heavy atom. The van der Waals surface area contributed by atoms with Gasteiger partial charge in [-0.2, -0.15) is 0 Å². The zero-order valence-corrected chi connectivity index (χ0v) is 18.4. The Labute approximate surface area is 177 Å². The third-order valence-corrected chi connectivity index (χ3v) is 6.62. The highest BCUT2D eigenvalue weighted by Crippen LogP contribution is 2.36. The Morgan fingerprint density at radius 2 is 1.81 bits per heavy atom. The summed E-state index contributed by atoms with van der Waals surface area (Å²) in [6.07, 6.45) is 0.482. The fraction of sp³-hybridized carbons (Fsp3) is 0.200. The molecule has 7 heteroatoms. The molecule has 1 N–H and O–H groups in total. The van der Waals surface area contributed by atoms with Crippen molar-refractivity contribution < 1.29 is 19.4 Å². The zero-order valence-electron chi connectivity index (χ0n) is 14.4. The molecule has 0 bridgehead atoms. The number of aliphatic carboxylic acids is 1. The second kappa shape index (κ2) is 8.54. The second-order valence-corrected chi connectivity index (χ2v) is 8.81. The van der Waals surface area contributed by atoms with Gasteiger partial charge in [0.1, 0.15) is 5.75 Å². The first-order chi connectivity index (χ1) is 12.9. The Balaban J connectivity index is 1.74. The van der Waals surface area contributed by atoms with Gasteiger partial charge >= 0.3 is 5.97 Å². The van der Waals surface area contributed by atoms with Gasteiger partial charge in [0.15, 0.2) is 6.61 Å². The first-order valence-electron chi connectivity index (χ1n) is 8.20. The Bertz CT molecular complexity index is 1000. The number of hydrogen-bond acceptors (Lipinski definition) is 4. The molecule has 1 heterocycles. The quantitative estimate of drug-likeness (QED) is 0.394. The fourth-order valence-corrected chi connectivity index (χ4v) is 5.43. The molecule has 0 saturated heterocycles. The van der Waals surface area contributed by atoms with Crippen molar-refractivity contribution in [1.82, 2.24) is 0 Å². The largest absolute Gasteiger partial charge is 0.483 e. The number of benzene rings is 2. The number of Topliss-reactive ketones (excluding diaryl/α,β-unsaturated/α-hetero) is 1. The first-order valence-corrected chi connectivity index (χ1v) is 10.6. The molecule has 0 unspecified atom stereocenters. The number of carboxylic acids is 1. The number of thiophene rings is 1. The van der Waals surface area contributed by atoms with Gasteiger partial charge in [-0.15, -0.1) is 11.3 Å². The van der Waals surface area contributed by atoms with E-state index in [0.29, 0.717) is 26.0 Å². The van der Waals surface area contributed by atoms with Crippen LogP contribution in [-0.4, -0.2) is 23.5 Å². The topological polar surface area (TPSA) is 63.6 Å². The Kier molecular flexibility index (Phi) is 6.34. The van der Waals surface area contributed by atoms with Gasteiger partial charge in [-0.3, -0.25) is 9.59 Å². The Morgan fingerprint density at radius 3 is 2.44 bits per heavy atom. The number of carboxylic acid groups (broad SMARTS) is 1. The van der Waals surface area contributed by atoms with E-state index >= 15 is 0 Å². The normalized spacial score (nSPS) is 10.9. The maximum Gasteiger partial charge on any atom is 0.303 e. The first kappa shape index (κ1) is 20.0. The molecule has 3 rings (SSSR count). The van der Waals surface area contributed by atoms with Crippen LogP contribution >= 0.6 is 43.2 Å². The van der Waals surface area contributed by atoms with Gasteiger partial charge in [0.2, 0.25) is 5.78 Å². The predicted molar refractivity (Wildman–Crippen MR) is 114 cm³/mol. The highest BCUT2D eigenvalue weighted by Gasteiger charge is 2.17. The van der Waals surface area contributed by atoms with E-state index in [9.17, 15) is 9.59 Å². The highest BCUT2D eigenvalue weighted by atomic mass is 79.9. The van der Waals surface area contributed by atoms with E-state index < -0.39 is 5.97 Å². The third-order valence-electron chi connectivity index (χ3n) is 4.13. The molecule has 1 aromatic heterocycles. The zero-order chi connectivity index (χ0) is 19.6. The smallest absolute Gasteiger partial charge is 0.303 e. The lowest BCUT2D eigenvalue weighted by Crippen LogP contribution is -2.12. The molecule has 0 radical (unpaired) electrons. The standard InChI is InChI=1S/C20H16Br2O4S/c1-11-13-4-2-3-5-17(13)27-20(11)16(23)10-26-19-14(21)8-12(9-15(19)22)6-7-18(24)25/h2-5,8-9H,6-7,10H2,1H3,(H,24,25). The number of carbonyl (C=O) groups excluding carboxylic acids is 1. The summed E-state index contributed by atoms with van der Waals surface area (Å²) < 4.78 is 8.21. The van der Waals surface area contributed by atoms with Crippen LogP contribution in [-0.2, 0) is 11.2 Å². The number of hydrogen-bond donors (Lipinski definition) is 1. The molecule has 2 aromatic carbocycles. The molecular weight excluding hydrogens is 496 g/mol. The summed E-state index contributed by atoms with van der Waals surface area (Å²) in [5.41, 5.74) is 1.85. The molecule has 0 aliphatic carbocycles. The van der Waals surface area contributed by atoms with Gasteiger partial charge < -0.3 is 9.84 Å². The minimum absolute atomic E-state index is 0.0583. The molecule has 0 atom stereocenters. The van der Waals surface area contributed by atoms with Gasteiger partial charge in [-0.05, 0) is 79.9 Å². The van der Waals surface area contributed by atoms with Crippen LogP contribution in [0.1, 0.15) is 27.2 Å². The van der Waals surface area contributed by atoms with Crippen molar-refractivity contribution in [1.29, 1.82) is 0 Å². The minimum Gasteiger partial charge on any atom is -0.483 e. The molecule has 0 amide bonds. The van der Waals surface area contributed by atoms with E-state index in [1.807, 2.05) is 43.3 Å². The van der Waals surface area contributed by atoms with Gasteiger partial charge in [0.05, 0.1) is 13.8 Å². The molecule has 140 valence electrons. The van der Waals surface area contributed by atoms with Crippen LogP contribution in [0.2, 0.25) is 0 Å². The monoisotopic (exact) mass is 510 g/mol. The average Bonchev–Trinajstić information content (AvgIpc) is 2.96. The van der Waals surface area contributed by atoms with E-state index in [1.54, 1.807) is 0 Å². The number of ether oxygens (including phenoxy) is 1. The second-order valence-electron chi connectivity index (χ2n) is 6.05. The number of halogens is 2. The molecule has 0 aliphatic rings. The minimum atomic E-state index is -0.841. The summed E-state index contributed by atoms with van der Waals surface area (Å²) in [7, 11) is 0. The maximum absolute atomic E-state index is 12.7. The maximum atomic E-state index is 12.7. The highest BCUT2D eigenvalue weighted by molar-refractivity contribution is 9.11. The summed E-state index contributed by atoms with van der Waals surface area (Å²) in [6, 6.07) is 11.6. The van der Waals surface area contributed by atoms with Crippen LogP contribution in [0.3, 0.4) is 0 Å². The number of fused-ring (bicyclic) bond motifs is 1. The van der Waals surface area contributed by atoms with Crippen molar-refractivity contribution in [2.75, 3.05) is 6.61 Å². The van der Waals surface area contributed by atoms with Crippen molar-refractivity contribution in [3.63, 3.8) is 0 Å². The van der Waals surface area contributed by atoms with Crippen molar-refractivity contribution in [3.05, 3.63) is 61.3 Å². The van der Waals surface area contributed by atoms with Crippen LogP contribution in [0.4, 0.5) is 0 Å². The summed E-state index contributed by atoms with van der Waals surface area (Å²) in [5, 5.41) is 9.91. The average molecular weight is 512 g/mol. The van der Waals surface area contributed by atoms with Crippen molar-refractivity contribution in [2.24, 2.45) is 0 Å². The van der Waals surface area contributed by atoms with E-state index in [-0.39, 0.29) is 18.8 Å². The summed E-state index contributed by atoms with van der Waals surface area (Å²) >= 11 is 8.36. The van der Waals surface area contributed by atoms with Crippen LogP contribution in [0.25, 0.3) is 10.1 Å². The molecule has 0 spiro atoms. The molecular formula is C20H16Br2O4S. The molecule has 0 saturated carbocycles. The number of ketones is 1. The lowest BCUT2D eigenvalue weighted by atomic mass is 10.1. The lowest BCUT2D eigenvalue weighted by Gasteiger charge is -2.11. The fourth-order valence-electron chi connectivity index (χ4n) is 2.79. The molecule has 4 nitrogen and oxygen atoms in total. The van der Waals surface area contributed by atoms with Crippen molar-refractivity contribution in [3.8, 4) is 5.75 Å². The summed E-state index contributed by atoms with van der Waals surface area (Å²) in [5.74, 6) is -0.379. The van der Waals surface area contributed by atoms with E-state index in [4.69, 9.17) is 9.84 Å². The molecule has 3 aromatic rings. The number of carbonyl (C=O) groups is 2. The van der Waals surface area contributed by atoms with Gasteiger partial charge in [0.25, 0.3) is 0 Å². The van der Waals surface area contributed by atoms with E-state index in [0.717, 1.165) is 21.2 Å². The predicted octanol–water partition coefficient (Wildman–Crippen LogP) is 6.01. The lowest BCUT2D eigenvalue weighted by molar-refractivity contribution is -0.136. The van der Waals surface area contributed by atoms with Crippen molar-refractivity contribution in [2.45, 2.75) is 19.8 Å². The van der Waals surface area contributed by atoms with Gasteiger partial charge in [-0.1, -0.05) is 18.2 Å². The van der Waals surface area contributed by atoms with Gasteiger partial charge in [-0.25, -0.2) is 0 Å². The number of rotatable bonds is 7.